The molecule has 2 N–H and O–H groups in total. The number of fused-ring (bicyclic) bond motifs is 3. The zero-order valence-corrected chi connectivity index (χ0v) is 16.2. The van der Waals surface area contributed by atoms with E-state index in [0.29, 0.717) is 6.42 Å². The van der Waals surface area contributed by atoms with E-state index in [1.54, 1.807) is 12.2 Å². The van der Waals surface area contributed by atoms with Crippen molar-refractivity contribution in [2.45, 2.75) is 63.8 Å². The number of allylic oxidation sites excluding steroid dienone is 2. The lowest BCUT2D eigenvalue weighted by atomic mass is 9.46. The van der Waals surface area contributed by atoms with Crippen LogP contribution in [0.4, 0.5) is 0 Å². The van der Waals surface area contributed by atoms with Crippen molar-refractivity contribution in [3.8, 4) is 0 Å². The van der Waals surface area contributed by atoms with Gasteiger partial charge in [0.2, 0.25) is 0 Å². The van der Waals surface area contributed by atoms with Gasteiger partial charge in [0.1, 0.15) is 17.8 Å². The smallest absolute Gasteiger partial charge is 0.190 e. The Morgan fingerprint density at radius 1 is 1.33 bits per heavy atom. The molecule has 1 spiro atoms. The highest BCUT2D eigenvalue weighted by Crippen LogP contribution is 2.76. The van der Waals surface area contributed by atoms with Crippen molar-refractivity contribution >= 4 is 11.6 Å². The van der Waals surface area contributed by atoms with Gasteiger partial charge in [-0.3, -0.25) is 9.59 Å². The molecule has 5 aliphatic rings. The molecule has 0 amide bonds. The van der Waals surface area contributed by atoms with Gasteiger partial charge in [-0.2, -0.15) is 0 Å². The number of aliphatic hydroxyl groups is 2. The number of carbonyl (C=O) groups excluding carboxylic acids is 2. The van der Waals surface area contributed by atoms with Crippen LogP contribution in [0.3, 0.4) is 0 Å². The van der Waals surface area contributed by atoms with Crippen LogP contribution in [0.15, 0.2) is 23.8 Å². The van der Waals surface area contributed by atoms with E-state index >= 15 is 0 Å². The molecule has 4 aliphatic carbocycles. The second-order valence-electron chi connectivity index (χ2n) is 9.86. The summed E-state index contributed by atoms with van der Waals surface area (Å²) in [7, 11) is 0. The van der Waals surface area contributed by atoms with E-state index in [2.05, 4.69) is 6.92 Å². The minimum Gasteiger partial charge on any atom is -0.388 e. The van der Waals surface area contributed by atoms with Crippen molar-refractivity contribution in [2.75, 3.05) is 6.61 Å². The molecule has 1 saturated heterocycles. The number of epoxide rings is 1. The summed E-state index contributed by atoms with van der Waals surface area (Å²) in [6.45, 7) is 5.51. The average Bonchev–Trinajstić information content (AvgIpc) is 3.31. The third kappa shape index (κ3) is 1.73. The summed E-state index contributed by atoms with van der Waals surface area (Å²) in [4.78, 5) is 24.5. The lowest BCUT2D eigenvalue weighted by Gasteiger charge is -2.55. The van der Waals surface area contributed by atoms with E-state index in [0.717, 1.165) is 24.8 Å². The number of rotatable bonds is 2. The summed E-state index contributed by atoms with van der Waals surface area (Å²) in [6.07, 6.45) is 8.58. The first-order valence-corrected chi connectivity index (χ1v) is 10.1. The Morgan fingerprint density at radius 3 is 2.78 bits per heavy atom. The minimum atomic E-state index is -1.50. The van der Waals surface area contributed by atoms with Crippen molar-refractivity contribution in [3.63, 3.8) is 0 Å². The Kier molecular flexibility index (Phi) is 3.29. The highest BCUT2D eigenvalue weighted by molar-refractivity contribution is 6.01. The van der Waals surface area contributed by atoms with Gasteiger partial charge in [0, 0.05) is 10.8 Å². The van der Waals surface area contributed by atoms with Crippen LogP contribution in [0, 0.1) is 28.6 Å². The maximum atomic E-state index is 12.6. The summed E-state index contributed by atoms with van der Waals surface area (Å²) in [5, 5.41) is 21.0. The van der Waals surface area contributed by atoms with Crippen molar-refractivity contribution in [1.82, 2.24) is 0 Å². The van der Waals surface area contributed by atoms with Gasteiger partial charge < -0.3 is 14.9 Å². The number of carbonyl (C=O) groups is 2. The normalized spacial score (nSPS) is 55.1. The number of ketones is 2. The number of hydrogen-bond donors (Lipinski definition) is 2. The molecule has 3 saturated carbocycles. The molecule has 1 aliphatic heterocycles. The molecule has 8 atom stereocenters. The zero-order chi connectivity index (χ0) is 19.4. The quantitative estimate of drug-likeness (QED) is 0.724. The van der Waals surface area contributed by atoms with E-state index in [4.69, 9.17) is 4.74 Å². The summed E-state index contributed by atoms with van der Waals surface area (Å²) < 4.78 is 6.43. The Morgan fingerprint density at radius 2 is 2.07 bits per heavy atom. The van der Waals surface area contributed by atoms with Gasteiger partial charge in [0.15, 0.2) is 11.6 Å². The first kappa shape index (κ1) is 17.8. The maximum Gasteiger partial charge on any atom is 0.190 e. The number of ether oxygens (including phenoxy) is 1. The fourth-order valence-electron chi connectivity index (χ4n) is 7.70. The van der Waals surface area contributed by atoms with Crippen molar-refractivity contribution < 1.29 is 24.5 Å². The number of aliphatic hydroxyl groups excluding tert-OH is 1. The molecule has 5 heteroatoms. The average molecular weight is 372 g/mol. The van der Waals surface area contributed by atoms with Gasteiger partial charge in [-0.15, -0.1) is 0 Å². The molecule has 1 heterocycles. The second-order valence-corrected chi connectivity index (χ2v) is 9.86. The van der Waals surface area contributed by atoms with Crippen LogP contribution >= 0.6 is 0 Å². The molecular weight excluding hydrogens is 344 g/mol. The van der Waals surface area contributed by atoms with Crippen LogP contribution in [0.5, 0.6) is 0 Å². The van der Waals surface area contributed by atoms with Gasteiger partial charge in [0.05, 0.1) is 6.10 Å². The van der Waals surface area contributed by atoms with E-state index in [1.807, 2.05) is 19.9 Å². The lowest BCUT2D eigenvalue weighted by Crippen LogP contribution is -2.62. The first-order valence-electron chi connectivity index (χ1n) is 10.1. The van der Waals surface area contributed by atoms with Crippen LogP contribution < -0.4 is 0 Å². The Labute approximate surface area is 159 Å². The molecular formula is C22H28O5. The zero-order valence-electron chi connectivity index (χ0n) is 16.2. The van der Waals surface area contributed by atoms with Crippen molar-refractivity contribution in [3.05, 3.63) is 23.8 Å². The van der Waals surface area contributed by atoms with Gasteiger partial charge >= 0.3 is 0 Å². The van der Waals surface area contributed by atoms with Gasteiger partial charge in [-0.25, -0.2) is 0 Å². The van der Waals surface area contributed by atoms with E-state index in [-0.39, 0.29) is 40.7 Å². The summed E-state index contributed by atoms with van der Waals surface area (Å²) in [5.74, 6) is -0.193. The molecule has 0 unspecified atom stereocenters. The van der Waals surface area contributed by atoms with E-state index in [1.165, 1.54) is 0 Å². The third-order valence-electron chi connectivity index (χ3n) is 9.08. The molecule has 0 aromatic carbocycles. The second kappa shape index (κ2) is 5.00. The van der Waals surface area contributed by atoms with Gasteiger partial charge in [0.25, 0.3) is 0 Å². The van der Waals surface area contributed by atoms with Crippen LogP contribution in [0.25, 0.3) is 0 Å². The largest absolute Gasteiger partial charge is 0.388 e. The number of hydrogen-bond acceptors (Lipinski definition) is 5. The van der Waals surface area contributed by atoms with Crippen LogP contribution in [-0.2, 0) is 14.3 Å². The highest BCUT2D eigenvalue weighted by Gasteiger charge is 2.81. The Balaban J connectivity index is 1.60. The Hall–Kier alpha value is -1.30. The predicted octanol–water partition coefficient (Wildman–Crippen LogP) is 1.96. The fraction of sp³-hybridized carbons (Fsp3) is 0.727. The van der Waals surface area contributed by atoms with Crippen LogP contribution in [0.1, 0.15) is 46.5 Å². The maximum absolute atomic E-state index is 12.6. The first-order chi connectivity index (χ1) is 12.6. The standard InChI is InChI=1S/C22H28O5/c1-12-8-16-15-5-4-13-9-14(24)6-7-19(13,2)22(15)18(27-22)10-20(16,3)21(12,26)17(25)11-23/h6-7,9,12,15-16,18,23,26H,4-5,8,10-11H2,1-3H3/t12-,15+,16-,18+,19+,20-,21+,22-/m1/s1. The molecule has 4 fully saturated rings. The molecule has 0 bridgehead atoms. The minimum absolute atomic E-state index is 0.0291. The third-order valence-corrected chi connectivity index (χ3v) is 9.08. The highest BCUT2D eigenvalue weighted by atomic mass is 16.6. The monoisotopic (exact) mass is 372 g/mol. The van der Waals surface area contributed by atoms with Crippen LogP contribution in [0.2, 0.25) is 0 Å². The molecule has 0 aromatic heterocycles. The lowest BCUT2D eigenvalue weighted by molar-refractivity contribution is -0.165. The summed E-state index contributed by atoms with van der Waals surface area (Å²) in [6, 6.07) is 0. The molecule has 27 heavy (non-hydrogen) atoms. The van der Waals surface area contributed by atoms with E-state index < -0.39 is 23.4 Å². The van der Waals surface area contributed by atoms with Gasteiger partial charge in [-0.1, -0.05) is 25.5 Å². The Bertz CT molecular complexity index is 814. The number of Topliss-reactive ketones (excluding diaryl/α,β-unsaturated/α-hetero) is 1. The molecule has 146 valence electrons. The van der Waals surface area contributed by atoms with E-state index in [9.17, 15) is 19.8 Å². The fourth-order valence-corrected chi connectivity index (χ4v) is 7.70. The topological polar surface area (TPSA) is 87.1 Å². The SMILES string of the molecule is C[C@@H]1C[C@@H]2[C@@H]3CCC4=CC(=O)C=C[C@]4(C)[C@@]34O[C@H]4C[C@@]2(C)[C@@]1(O)C(=O)CO. The van der Waals surface area contributed by atoms with Crippen molar-refractivity contribution in [1.29, 1.82) is 0 Å². The molecule has 0 aromatic rings. The van der Waals surface area contributed by atoms with Crippen LogP contribution in [-0.4, -0.2) is 45.7 Å². The molecule has 5 nitrogen and oxygen atoms in total. The van der Waals surface area contributed by atoms with Crippen molar-refractivity contribution in [2.24, 2.45) is 28.6 Å². The summed E-state index contributed by atoms with van der Waals surface area (Å²) in [5.41, 5.74) is -1.55. The van der Waals surface area contributed by atoms with Gasteiger partial charge in [-0.05, 0) is 62.5 Å². The predicted molar refractivity (Wildman–Crippen MR) is 97.7 cm³/mol. The molecule has 0 radical (unpaired) electrons. The molecule has 5 rings (SSSR count). The summed E-state index contributed by atoms with van der Waals surface area (Å²) >= 11 is 0.